The summed E-state index contributed by atoms with van der Waals surface area (Å²) < 4.78 is 0. The average Bonchev–Trinajstić information content (AvgIpc) is 2.89. The SMILES string of the molecule is Oc1c(Cl)cc(Cl)cc1C=NCCN(CCN=Cc1cc(Cl)cc(Cl)c1O)CCN=Cc1cc(Cl)cc(Cl)c1O. The number of phenolic OH excluding ortho intramolecular Hbond substituents is 3. The van der Waals surface area contributed by atoms with Crippen LogP contribution in [-0.4, -0.2) is 78.1 Å². The van der Waals surface area contributed by atoms with Gasteiger partial charge >= 0.3 is 0 Å². The van der Waals surface area contributed by atoms with Crippen LogP contribution in [0.25, 0.3) is 0 Å². The van der Waals surface area contributed by atoms with Gasteiger partial charge in [0.1, 0.15) is 17.2 Å². The second kappa shape index (κ2) is 15.7. The first-order chi connectivity index (χ1) is 19.0. The molecular formula is C27H24Cl6N4O3. The van der Waals surface area contributed by atoms with Crippen LogP contribution >= 0.6 is 69.6 Å². The highest BCUT2D eigenvalue weighted by Gasteiger charge is 2.09. The number of hydrogen-bond acceptors (Lipinski definition) is 7. The van der Waals surface area contributed by atoms with Crippen molar-refractivity contribution in [2.75, 3.05) is 39.3 Å². The summed E-state index contributed by atoms with van der Waals surface area (Å²) in [5.74, 6) is -0.280. The Bertz CT molecular complexity index is 1260. The van der Waals surface area contributed by atoms with Gasteiger partial charge in [0.25, 0.3) is 0 Å². The van der Waals surface area contributed by atoms with Crippen LogP contribution in [0.15, 0.2) is 51.4 Å². The van der Waals surface area contributed by atoms with Crippen molar-refractivity contribution in [3.8, 4) is 17.2 Å². The summed E-state index contributed by atoms with van der Waals surface area (Å²) in [6, 6.07) is 9.07. The predicted octanol–water partition coefficient (Wildman–Crippen LogP) is 7.68. The molecule has 3 N–H and O–H groups in total. The van der Waals surface area contributed by atoms with Crippen LogP contribution in [-0.2, 0) is 0 Å². The summed E-state index contributed by atoms with van der Waals surface area (Å²) in [5, 5.41) is 32.0. The topological polar surface area (TPSA) is 101 Å². The van der Waals surface area contributed by atoms with E-state index in [9.17, 15) is 15.3 Å². The zero-order valence-electron chi connectivity index (χ0n) is 20.8. The Morgan fingerprint density at radius 1 is 0.500 bits per heavy atom. The number of nitrogens with zero attached hydrogens (tertiary/aromatic N) is 4. The van der Waals surface area contributed by atoms with Crippen LogP contribution < -0.4 is 0 Å². The molecule has 0 radical (unpaired) electrons. The lowest BCUT2D eigenvalue weighted by Crippen LogP contribution is -2.31. The third-order valence-corrected chi connectivity index (χ3v) is 7.02. The van der Waals surface area contributed by atoms with Crippen molar-refractivity contribution in [3.63, 3.8) is 0 Å². The number of aliphatic imine (C=N–C) groups is 3. The summed E-state index contributed by atoms with van der Waals surface area (Å²) in [6.07, 6.45) is 4.54. The lowest BCUT2D eigenvalue weighted by atomic mass is 10.2. The van der Waals surface area contributed by atoms with Crippen molar-refractivity contribution in [1.29, 1.82) is 0 Å². The molecule has 0 aliphatic heterocycles. The molecule has 13 heteroatoms. The maximum atomic E-state index is 10.1. The van der Waals surface area contributed by atoms with Crippen molar-refractivity contribution >= 4 is 88.2 Å². The van der Waals surface area contributed by atoms with Gasteiger partial charge in [0.15, 0.2) is 0 Å². The van der Waals surface area contributed by atoms with E-state index < -0.39 is 0 Å². The number of benzene rings is 3. The number of halogens is 6. The van der Waals surface area contributed by atoms with Gasteiger partial charge in [-0.2, -0.15) is 0 Å². The zero-order valence-corrected chi connectivity index (χ0v) is 25.4. The Balaban J connectivity index is 1.64. The molecule has 3 aromatic carbocycles. The lowest BCUT2D eigenvalue weighted by molar-refractivity contribution is 0.298. The van der Waals surface area contributed by atoms with Crippen LogP contribution in [0.3, 0.4) is 0 Å². The van der Waals surface area contributed by atoms with Crippen LogP contribution in [0, 0.1) is 0 Å². The van der Waals surface area contributed by atoms with E-state index in [1.165, 1.54) is 36.8 Å². The molecule has 3 rings (SSSR count). The van der Waals surface area contributed by atoms with Gasteiger partial charge in [0, 0.05) is 70.0 Å². The summed E-state index contributed by atoms with van der Waals surface area (Å²) in [7, 11) is 0. The van der Waals surface area contributed by atoms with E-state index in [-0.39, 0.29) is 32.3 Å². The average molecular weight is 665 g/mol. The third-order valence-electron chi connectivity index (χ3n) is 5.50. The minimum absolute atomic E-state index is 0.0934. The smallest absolute Gasteiger partial charge is 0.143 e. The van der Waals surface area contributed by atoms with E-state index in [0.717, 1.165) is 0 Å². The molecular weight excluding hydrogens is 641 g/mol. The number of aromatic hydroxyl groups is 3. The van der Waals surface area contributed by atoms with Gasteiger partial charge in [-0.05, 0) is 36.4 Å². The van der Waals surface area contributed by atoms with Gasteiger partial charge < -0.3 is 15.3 Å². The van der Waals surface area contributed by atoms with E-state index >= 15 is 0 Å². The molecule has 0 heterocycles. The fourth-order valence-electron chi connectivity index (χ4n) is 3.47. The van der Waals surface area contributed by atoms with E-state index in [0.29, 0.717) is 71.0 Å². The first kappa shape index (κ1) is 32.3. The molecule has 0 saturated heterocycles. The summed E-state index contributed by atoms with van der Waals surface area (Å²) >= 11 is 36.0. The number of hydrogen-bond donors (Lipinski definition) is 3. The van der Waals surface area contributed by atoms with Crippen molar-refractivity contribution in [2.24, 2.45) is 15.0 Å². The minimum atomic E-state index is -0.0934. The summed E-state index contributed by atoms with van der Waals surface area (Å²) in [5.41, 5.74) is 1.25. The van der Waals surface area contributed by atoms with Gasteiger partial charge in [-0.1, -0.05) is 69.6 Å². The lowest BCUT2D eigenvalue weighted by Gasteiger charge is -2.19. The number of phenols is 3. The van der Waals surface area contributed by atoms with Gasteiger partial charge in [0.05, 0.1) is 34.7 Å². The van der Waals surface area contributed by atoms with Crippen LogP contribution in [0.1, 0.15) is 16.7 Å². The molecule has 212 valence electrons. The van der Waals surface area contributed by atoms with Crippen molar-refractivity contribution in [3.05, 3.63) is 83.2 Å². The monoisotopic (exact) mass is 662 g/mol. The van der Waals surface area contributed by atoms with Gasteiger partial charge in [-0.3, -0.25) is 19.9 Å². The third kappa shape index (κ3) is 9.70. The molecule has 40 heavy (non-hydrogen) atoms. The van der Waals surface area contributed by atoms with E-state index in [1.54, 1.807) is 18.2 Å². The zero-order chi connectivity index (χ0) is 29.2. The quantitative estimate of drug-likeness (QED) is 0.173. The molecule has 0 aliphatic carbocycles. The van der Waals surface area contributed by atoms with Gasteiger partial charge in [-0.25, -0.2) is 0 Å². The Hall–Kier alpha value is -2.23. The van der Waals surface area contributed by atoms with Crippen molar-refractivity contribution in [2.45, 2.75) is 0 Å². The fraction of sp³-hybridized carbons (Fsp3) is 0.222. The fourth-order valence-corrected chi connectivity index (χ4v) is 5.00. The molecule has 0 fully saturated rings. The summed E-state index contributed by atoms with van der Waals surface area (Å²) in [4.78, 5) is 15.3. The predicted molar refractivity (Wildman–Crippen MR) is 168 cm³/mol. The van der Waals surface area contributed by atoms with Crippen LogP contribution in [0.2, 0.25) is 30.1 Å². The Morgan fingerprint density at radius 3 is 1.05 bits per heavy atom. The molecule has 3 aromatic rings. The molecule has 0 unspecified atom stereocenters. The molecule has 7 nitrogen and oxygen atoms in total. The van der Waals surface area contributed by atoms with E-state index in [2.05, 4.69) is 19.9 Å². The normalized spacial score (nSPS) is 12.1. The first-order valence-corrected chi connectivity index (χ1v) is 14.1. The molecule has 0 saturated carbocycles. The maximum Gasteiger partial charge on any atom is 0.143 e. The van der Waals surface area contributed by atoms with Crippen LogP contribution in [0.5, 0.6) is 17.2 Å². The molecule has 0 bridgehead atoms. The number of rotatable bonds is 12. The minimum Gasteiger partial charge on any atom is -0.506 e. The molecule has 0 amide bonds. The first-order valence-electron chi connectivity index (χ1n) is 11.8. The molecule has 0 aromatic heterocycles. The summed E-state index contributed by atoms with van der Waals surface area (Å²) in [6.45, 7) is 2.89. The largest absolute Gasteiger partial charge is 0.506 e. The molecule has 0 aliphatic rings. The molecule has 0 atom stereocenters. The van der Waals surface area contributed by atoms with E-state index in [4.69, 9.17) is 69.6 Å². The van der Waals surface area contributed by atoms with Crippen molar-refractivity contribution < 1.29 is 15.3 Å². The van der Waals surface area contributed by atoms with Crippen molar-refractivity contribution in [1.82, 2.24) is 4.90 Å². The Kier molecular flexibility index (Phi) is 12.7. The highest BCUT2D eigenvalue weighted by atomic mass is 35.5. The van der Waals surface area contributed by atoms with E-state index in [1.807, 2.05) is 0 Å². The van der Waals surface area contributed by atoms with Crippen LogP contribution in [0.4, 0.5) is 0 Å². The maximum absolute atomic E-state index is 10.1. The Labute approximate surface area is 261 Å². The van der Waals surface area contributed by atoms with Gasteiger partial charge in [-0.15, -0.1) is 0 Å². The highest BCUT2D eigenvalue weighted by Crippen LogP contribution is 2.31. The second-order valence-corrected chi connectivity index (χ2v) is 11.0. The van der Waals surface area contributed by atoms with Gasteiger partial charge in [0.2, 0.25) is 0 Å². The second-order valence-electron chi connectivity index (χ2n) is 8.42. The molecule has 0 spiro atoms. The standard InChI is InChI=1S/C27H24Cl6N4O3/c28-19-7-16(25(38)22(31)10-19)13-34-1-4-37(5-2-35-14-17-8-20(29)11-23(32)26(17)39)6-3-36-15-18-9-21(30)12-24(33)27(18)40/h7-15,38-40H,1-6H2. The highest BCUT2D eigenvalue weighted by molar-refractivity contribution is 6.37. The Morgan fingerprint density at radius 2 is 0.775 bits per heavy atom.